The van der Waals surface area contributed by atoms with E-state index in [9.17, 15) is 14.0 Å². The first-order chi connectivity index (χ1) is 14.5. The Morgan fingerprint density at radius 2 is 1.70 bits per heavy atom. The van der Waals surface area contributed by atoms with Crippen LogP contribution >= 0.6 is 11.8 Å². The van der Waals surface area contributed by atoms with Gasteiger partial charge in [0.1, 0.15) is 11.9 Å². The quantitative estimate of drug-likeness (QED) is 0.558. The van der Waals surface area contributed by atoms with Crippen LogP contribution in [0.5, 0.6) is 0 Å². The Morgan fingerprint density at radius 3 is 2.33 bits per heavy atom. The number of nitrogens with one attached hydrogen (secondary N) is 1. The van der Waals surface area contributed by atoms with E-state index in [4.69, 9.17) is 0 Å². The van der Waals surface area contributed by atoms with Crippen LogP contribution in [0.2, 0.25) is 0 Å². The minimum atomic E-state index is -0.541. The van der Waals surface area contributed by atoms with Crippen LogP contribution in [0.15, 0.2) is 54.6 Å². The number of amides is 2. The summed E-state index contributed by atoms with van der Waals surface area (Å²) in [4.78, 5) is 27.6. The summed E-state index contributed by atoms with van der Waals surface area (Å²) >= 11 is 1.36. The van der Waals surface area contributed by atoms with Crippen LogP contribution in [0.4, 0.5) is 4.39 Å². The first-order valence-corrected chi connectivity index (χ1v) is 11.6. The van der Waals surface area contributed by atoms with Gasteiger partial charge in [-0.25, -0.2) is 4.39 Å². The molecule has 162 valence electrons. The van der Waals surface area contributed by atoms with Crippen molar-refractivity contribution in [3.63, 3.8) is 0 Å². The highest BCUT2D eigenvalue weighted by atomic mass is 32.2. The molecule has 0 unspecified atom stereocenters. The molecule has 0 aliphatic carbocycles. The number of benzene rings is 2. The highest BCUT2D eigenvalue weighted by Gasteiger charge is 2.29. The van der Waals surface area contributed by atoms with Gasteiger partial charge in [0.15, 0.2) is 0 Å². The van der Waals surface area contributed by atoms with Gasteiger partial charge >= 0.3 is 0 Å². The van der Waals surface area contributed by atoms with Crippen LogP contribution in [-0.4, -0.2) is 34.6 Å². The Morgan fingerprint density at radius 1 is 1.03 bits per heavy atom. The molecule has 0 saturated carbocycles. The van der Waals surface area contributed by atoms with E-state index in [1.807, 2.05) is 51.1 Å². The van der Waals surface area contributed by atoms with Crippen LogP contribution in [-0.2, 0) is 21.9 Å². The van der Waals surface area contributed by atoms with Crippen molar-refractivity contribution < 1.29 is 14.0 Å². The number of rotatable bonds is 11. The van der Waals surface area contributed by atoms with Gasteiger partial charge in [-0.2, -0.15) is 0 Å². The molecule has 0 spiro atoms. The lowest BCUT2D eigenvalue weighted by molar-refractivity contribution is -0.139. The Hall–Kier alpha value is -2.34. The maximum atomic E-state index is 13.8. The number of nitrogens with zero attached hydrogens (tertiary/aromatic N) is 1. The zero-order valence-electron chi connectivity index (χ0n) is 17.9. The van der Waals surface area contributed by atoms with Gasteiger partial charge in [-0.15, -0.1) is 11.8 Å². The minimum absolute atomic E-state index is 0.0515. The van der Waals surface area contributed by atoms with Gasteiger partial charge in [0.2, 0.25) is 11.8 Å². The molecule has 2 amide bonds. The predicted molar refractivity (Wildman–Crippen MR) is 122 cm³/mol. The van der Waals surface area contributed by atoms with Crippen molar-refractivity contribution in [1.82, 2.24) is 10.2 Å². The molecule has 6 heteroatoms. The topological polar surface area (TPSA) is 49.4 Å². The van der Waals surface area contributed by atoms with Crippen molar-refractivity contribution in [2.75, 3.05) is 5.75 Å². The zero-order chi connectivity index (χ0) is 21.9. The second kappa shape index (κ2) is 12.4. The van der Waals surface area contributed by atoms with Crippen molar-refractivity contribution >= 4 is 23.6 Å². The maximum Gasteiger partial charge on any atom is 0.243 e. The normalized spacial score (nSPS) is 12.8. The third-order valence-electron chi connectivity index (χ3n) is 5.02. The molecule has 30 heavy (non-hydrogen) atoms. The molecule has 0 fully saturated rings. The van der Waals surface area contributed by atoms with Gasteiger partial charge in [-0.05, 0) is 37.0 Å². The Kier molecular flexibility index (Phi) is 9.87. The average molecular weight is 431 g/mol. The molecule has 0 bridgehead atoms. The standard InChI is InChI=1S/C24H31FN2O2S/c1-4-18(3)26-24(29)22(5-2)27(15-19-11-7-6-8-12-19)23(28)17-30-16-20-13-9-10-14-21(20)25/h6-14,18,22H,4-5,15-17H2,1-3H3,(H,26,29)/t18-,22+/m1/s1. The molecule has 0 aromatic heterocycles. The van der Waals surface area contributed by atoms with E-state index in [1.165, 1.54) is 17.8 Å². The highest BCUT2D eigenvalue weighted by Crippen LogP contribution is 2.19. The summed E-state index contributed by atoms with van der Waals surface area (Å²) in [5.74, 6) is 0.0846. The SMILES string of the molecule is CC[C@@H](C)NC(=O)[C@H](CC)N(Cc1ccccc1)C(=O)CSCc1ccccc1F. The minimum Gasteiger partial charge on any atom is -0.352 e. The van der Waals surface area contributed by atoms with Crippen molar-refractivity contribution in [3.8, 4) is 0 Å². The molecule has 0 saturated heterocycles. The molecule has 2 aromatic carbocycles. The Balaban J connectivity index is 2.11. The molecule has 2 rings (SSSR count). The van der Waals surface area contributed by atoms with Crippen molar-refractivity contribution in [1.29, 1.82) is 0 Å². The number of carbonyl (C=O) groups is 2. The second-order valence-electron chi connectivity index (χ2n) is 7.33. The summed E-state index contributed by atoms with van der Waals surface area (Å²) in [6.45, 7) is 6.25. The molecule has 0 aliphatic rings. The molecule has 0 heterocycles. The summed E-state index contributed by atoms with van der Waals surface area (Å²) in [5, 5.41) is 3.00. The van der Waals surface area contributed by atoms with Crippen molar-refractivity contribution in [3.05, 3.63) is 71.5 Å². The molecular weight excluding hydrogens is 399 g/mol. The van der Waals surface area contributed by atoms with Crippen LogP contribution in [0.3, 0.4) is 0 Å². The molecule has 0 aliphatic heterocycles. The highest BCUT2D eigenvalue weighted by molar-refractivity contribution is 7.99. The number of halogens is 1. The monoisotopic (exact) mass is 430 g/mol. The van der Waals surface area contributed by atoms with E-state index in [-0.39, 0.29) is 29.4 Å². The maximum absolute atomic E-state index is 13.8. The fourth-order valence-corrected chi connectivity index (χ4v) is 3.98. The van der Waals surface area contributed by atoms with Gasteiger partial charge in [-0.3, -0.25) is 9.59 Å². The Labute approximate surface area is 183 Å². The van der Waals surface area contributed by atoms with Gasteiger partial charge in [0, 0.05) is 18.3 Å². The summed E-state index contributed by atoms with van der Waals surface area (Å²) in [6.07, 6.45) is 1.35. The number of carbonyl (C=O) groups excluding carboxylic acids is 2. The van der Waals surface area contributed by atoms with Crippen LogP contribution in [0, 0.1) is 5.82 Å². The molecular formula is C24H31FN2O2S. The summed E-state index contributed by atoms with van der Waals surface area (Å²) in [7, 11) is 0. The fraction of sp³-hybridized carbons (Fsp3) is 0.417. The molecule has 2 aromatic rings. The number of hydrogen-bond acceptors (Lipinski definition) is 3. The third-order valence-corrected chi connectivity index (χ3v) is 5.99. The van der Waals surface area contributed by atoms with E-state index in [0.29, 0.717) is 24.3 Å². The molecule has 1 N–H and O–H groups in total. The van der Waals surface area contributed by atoms with E-state index >= 15 is 0 Å². The Bertz CT molecular complexity index is 816. The van der Waals surface area contributed by atoms with E-state index in [0.717, 1.165) is 12.0 Å². The lowest BCUT2D eigenvalue weighted by Gasteiger charge is -2.31. The second-order valence-corrected chi connectivity index (χ2v) is 8.32. The van der Waals surface area contributed by atoms with E-state index in [2.05, 4.69) is 5.32 Å². The first kappa shape index (κ1) is 23.9. The van der Waals surface area contributed by atoms with Crippen molar-refractivity contribution in [2.24, 2.45) is 0 Å². The number of thioether (sulfide) groups is 1. The predicted octanol–water partition coefficient (Wildman–Crippen LogP) is 4.78. The summed E-state index contributed by atoms with van der Waals surface area (Å²) in [5.41, 5.74) is 1.55. The largest absolute Gasteiger partial charge is 0.352 e. The zero-order valence-corrected chi connectivity index (χ0v) is 18.8. The van der Waals surface area contributed by atoms with E-state index < -0.39 is 6.04 Å². The summed E-state index contributed by atoms with van der Waals surface area (Å²) < 4.78 is 13.8. The first-order valence-electron chi connectivity index (χ1n) is 10.4. The van der Waals surface area contributed by atoms with Crippen LogP contribution < -0.4 is 5.32 Å². The smallest absolute Gasteiger partial charge is 0.243 e. The van der Waals surface area contributed by atoms with E-state index in [1.54, 1.807) is 23.1 Å². The summed E-state index contributed by atoms with van der Waals surface area (Å²) in [6, 6.07) is 15.8. The van der Waals surface area contributed by atoms with Crippen LogP contribution in [0.1, 0.15) is 44.7 Å². The van der Waals surface area contributed by atoms with Gasteiger partial charge in [0.25, 0.3) is 0 Å². The molecule has 2 atom stereocenters. The van der Waals surface area contributed by atoms with Gasteiger partial charge in [0.05, 0.1) is 5.75 Å². The van der Waals surface area contributed by atoms with Gasteiger partial charge < -0.3 is 10.2 Å². The van der Waals surface area contributed by atoms with Gasteiger partial charge in [-0.1, -0.05) is 62.4 Å². The van der Waals surface area contributed by atoms with Crippen molar-refractivity contribution in [2.45, 2.75) is 58.0 Å². The molecule has 4 nitrogen and oxygen atoms in total. The number of hydrogen-bond donors (Lipinski definition) is 1. The lowest BCUT2D eigenvalue weighted by atomic mass is 10.1. The average Bonchev–Trinajstić information content (AvgIpc) is 2.75. The lowest BCUT2D eigenvalue weighted by Crippen LogP contribution is -2.51. The van der Waals surface area contributed by atoms with Crippen LogP contribution in [0.25, 0.3) is 0 Å². The third kappa shape index (κ3) is 7.17. The molecule has 0 radical (unpaired) electrons. The fourth-order valence-electron chi connectivity index (χ4n) is 3.09.